The van der Waals surface area contributed by atoms with Gasteiger partial charge in [0.05, 0.1) is 12.3 Å². The van der Waals surface area contributed by atoms with Crippen molar-refractivity contribution in [1.29, 1.82) is 0 Å². The Labute approximate surface area is 204 Å². The minimum absolute atomic E-state index is 0.330. The third-order valence-electron chi connectivity index (χ3n) is 5.93. The van der Waals surface area contributed by atoms with Gasteiger partial charge in [0.15, 0.2) is 6.04 Å². The molecule has 1 aliphatic heterocycles. The Morgan fingerprint density at radius 2 is 2.00 bits per heavy atom. The van der Waals surface area contributed by atoms with E-state index in [0.29, 0.717) is 43.2 Å². The zero-order valence-electron chi connectivity index (χ0n) is 19.8. The Morgan fingerprint density at radius 1 is 1.20 bits per heavy atom. The van der Waals surface area contributed by atoms with E-state index < -0.39 is 12.0 Å². The average molecular weight is 473 g/mol. The quantitative estimate of drug-likeness (QED) is 0.370. The van der Waals surface area contributed by atoms with Crippen LogP contribution in [-0.4, -0.2) is 40.0 Å². The SMILES string of the molecule is CC=CC=CC(=O)N1CCc2ccc(OCCc3nc(-c4ccccc4)oc3C)cc2C1C(=O)O. The molecule has 3 aromatic rings. The Balaban J connectivity index is 1.46. The molecule has 180 valence electrons. The first kappa shape index (κ1) is 24.0. The fourth-order valence-corrected chi connectivity index (χ4v) is 4.16. The van der Waals surface area contributed by atoms with Crippen LogP contribution < -0.4 is 4.74 Å². The van der Waals surface area contributed by atoms with Crippen LogP contribution in [0.15, 0.2) is 77.3 Å². The van der Waals surface area contributed by atoms with Crippen molar-refractivity contribution >= 4 is 11.9 Å². The van der Waals surface area contributed by atoms with E-state index in [2.05, 4.69) is 4.98 Å². The molecule has 35 heavy (non-hydrogen) atoms. The topological polar surface area (TPSA) is 92.9 Å². The summed E-state index contributed by atoms with van der Waals surface area (Å²) in [5.74, 6) is 0.470. The number of ether oxygens (including phenoxy) is 1. The van der Waals surface area contributed by atoms with Crippen molar-refractivity contribution in [3.8, 4) is 17.2 Å². The number of carbonyl (C=O) groups excluding carboxylic acids is 1. The smallest absolute Gasteiger partial charge is 0.331 e. The molecule has 0 saturated carbocycles. The summed E-state index contributed by atoms with van der Waals surface area (Å²) >= 11 is 0. The summed E-state index contributed by atoms with van der Waals surface area (Å²) in [5, 5.41) is 9.93. The summed E-state index contributed by atoms with van der Waals surface area (Å²) in [6.45, 7) is 4.42. The summed E-state index contributed by atoms with van der Waals surface area (Å²) in [7, 11) is 0. The number of amides is 1. The van der Waals surface area contributed by atoms with Gasteiger partial charge in [-0.3, -0.25) is 4.79 Å². The predicted octanol–water partition coefficient (Wildman–Crippen LogP) is 4.91. The van der Waals surface area contributed by atoms with Crippen LogP contribution >= 0.6 is 0 Å². The maximum absolute atomic E-state index is 12.6. The molecular formula is C28H28N2O5. The third kappa shape index (κ3) is 5.51. The summed E-state index contributed by atoms with van der Waals surface area (Å²) in [6.07, 6.45) is 7.68. The molecule has 7 nitrogen and oxygen atoms in total. The van der Waals surface area contributed by atoms with E-state index >= 15 is 0 Å². The maximum atomic E-state index is 12.6. The van der Waals surface area contributed by atoms with Crippen LogP contribution in [0.4, 0.5) is 0 Å². The third-order valence-corrected chi connectivity index (χ3v) is 5.93. The van der Waals surface area contributed by atoms with Crippen molar-refractivity contribution in [2.75, 3.05) is 13.2 Å². The molecule has 2 aromatic carbocycles. The largest absolute Gasteiger partial charge is 0.493 e. The average Bonchev–Trinajstić information content (AvgIpc) is 3.24. The van der Waals surface area contributed by atoms with Gasteiger partial charge in [0.25, 0.3) is 0 Å². The van der Waals surface area contributed by atoms with Crippen molar-refractivity contribution in [3.05, 3.63) is 95.4 Å². The van der Waals surface area contributed by atoms with Gasteiger partial charge in [0.2, 0.25) is 11.8 Å². The van der Waals surface area contributed by atoms with E-state index in [4.69, 9.17) is 9.15 Å². The van der Waals surface area contributed by atoms with Crippen LogP contribution in [0.25, 0.3) is 11.5 Å². The van der Waals surface area contributed by atoms with Crippen molar-refractivity contribution in [1.82, 2.24) is 9.88 Å². The normalized spacial score (nSPS) is 15.5. The molecular weight excluding hydrogens is 444 g/mol. The lowest BCUT2D eigenvalue weighted by Crippen LogP contribution is -2.42. The van der Waals surface area contributed by atoms with Gasteiger partial charge in [-0.05, 0) is 55.7 Å². The van der Waals surface area contributed by atoms with Crippen LogP contribution in [-0.2, 0) is 22.4 Å². The highest BCUT2D eigenvalue weighted by Crippen LogP contribution is 2.33. The number of carboxylic acid groups (broad SMARTS) is 1. The number of carboxylic acids is 1. The van der Waals surface area contributed by atoms with Gasteiger partial charge in [-0.1, -0.05) is 42.5 Å². The Hall–Kier alpha value is -4.13. The standard InChI is InChI=1S/C28H28N2O5/c1-3-4-6-11-25(31)30-16-14-20-12-13-22(18-23(20)26(30)28(32)33)34-17-15-24-19(2)35-27(29-24)21-9-7-5-8-10-21/h3-13,18,26H,14-17H2,1-2H3,(H,32,33). The number of nitrogens with zero attached hydrogens (tertiary/aromatic N) is 2. The van der Waals surface area contributed by atoms with E-state index in [9.17, 15) is 14.7 Å². The second-order valence-electron chi connectivity index (χ2n) is 8.25. The second kappa shape index (κ2) is 10.9. The number of allylic oxidation sites excluding steroid dienone is 3. The highest BCUT2D eigenvalue weighted by molar-refractivity contribution is 5.92. The number of aliphatic carboxylic acids is 1. The Bertz CT molecular complexity index is 1260. The van der Waals surface area contributed by atoms with Gasteiger partial charge in [-0.25, -0.2) is 9.78 Å². The lowest BCUT2D eigenvalue weighted by Gasteiger charge is -2.34. The molecule has 2 heterocycles. The van der Waals surface area contributed by atoms with E-state index in [1.807, 2.05) is 56.3 Å². The lowest BCUT2D eigenvalue weighted by atomic mass is 9.92. The molecule has 0 spiro atoms. The number of oxazole rings is 1. The van der Waals surface area contributed by atoms with E-state index in [0.717, 1.165) is 22.6 Å². The first-order chi connectivity index (χ1) is 17.0. The molecule has 7 heteroatoms. The Kier molecular flexibility index (Phi) is 7.45. The van der Waals surface area contributed by atoms with Crippen molar-refractivity contribution in [2.45, 2.75) is 32.7 Å². The van der Waals surface area contributed by atoms with Crippen molar-refractivity contribution in [3.63, 3.8) is 0 Å². The number of hydrogen-bond acceptors (Lipinski definition) is 5. The predicted molar refractivity (Wildman–Crippen MR) is 132 cm³/mol. The zero-order valence-corrected chi connectivity index (χ0v) is 19.8. The number of rotatable bonds is 8. The fourth-order valence-electron chi connectivity index (χ4n) is 4.16. The molecule has 0 bridgehead atoms. The molecule has 0 aliphatic carbocycles. The minimum Gasteiger partial charge on any atom is -0.493 e. The van der Waals surface area contributed by atoms with Gasteiger partial charge >= 0.3 is 5.97 Å². The van der Waals surface area contributed by atoms with E-state index in [-0.39, 0.29) is 5.91 Å². The second-order valence-corrected chi connectivity index (χ2v) is 8.25. The molecule has 4 rings (SSSR count). The van der Waals surface area contributed by atoms with Crippen LogP contribution in [0.2, 0.25) is 0 Å². The molecule has 0 fully saturated rings. The number of hydrogen-bond donors (Lipinski definition) is 1. The lowest BCUT2D eigenvalue weighted by molar-refractivity contribution is -0.149. The van der Waals surface area contributed by atoms with Crippen LogP contribution in [0.3, 0.4) is 0 Å². The fraction of sp³-hybridized carbons (Fsp3) is 0.250. The number of benzene rings is 2. The monoisotopic (exact) mass is 472 g/mol. The molecule has 1 amide bonds. The highest BCUT2D eigenvalue weighted by Gasteiger charge is 2.35. The first-order valence-electron chi connectivity index (χ1n) is 11.6. The molecule has 1 aromatic heterocycles. The zero-order chi connectivity index (χ0) is 24.8. The summed E-state index contributed by atoms with van der Waals surface area (Å²) in [4.78, 5) is 30.8. The van der Waals surface area contributed by atoms with Crippen LogP contribution in [0.1, 0.15) is 35.5 Å². The summed E-state index contributed by atoms with van der Waals surface area (Å²) < 4.78 is 11.8. The van der Waals surface area contributed by atoms with Crippen molar-refractivity contribution in [2.24, 2.45) is 0 Å². The number of aryl methyl sites for hydroxylation is 1. The summed E-state index contributed by atoms with van der Waals surface area (Å²) in [5.41, 5.74) is 3.22. The first-order valence-corrected chi connectivity index (χ1v) is 11.6. The number of carbonyl (C=O) groups is 2. The van der Waals surface area contributed by atoms with E-state index in [1.165, 1.54) is 11.0 Å². The molecule has 0 radical (unpaired) electrons. The number of fused-ring (bicyclic) bond motifs is 1. The van der Waals surface area contributed by atoms with Crippen molar-refractivity contribution < 1.29 is 23.8 Å². The van der Waals surface area contributed by atoms with Gasteiger partial charge in [0, 0.05) is 24.6 Å². The molecule has 0 saturated heterocycles. The number of aromatic nitrogens is 1. The van der Waals surface area contributed by atoms with E-state index in [1.54, 1.807) is 24.3 Å². The molecule has 1 aliphatic rings. The molecule has 1 atom stereocenters. The Morgan fingerprint density at radius 3 is 2.74 bits per heavy atom. The minimum atomic E-state index is -1.07. The molecule has 1 unspecified atom stereocenters. The maximum Gasteiger partial charge on any atom is 0.331 e. The van der Waals surface area contributed by atoms with Gasteiger partial charge in [0.1, 0.15) is 11.5 Å². The van der Waals surface area contributed by atoms with Gasteiger partial charge < -0.3 is 19.2 Å². The van der Waals surface area contributed by atoms with Crippen LogP contribution in [0, 0.1) is 6.92 Å². The highest BCUT2D eigenvalue weighted by atomic mass is 16.5. The van der Waals surface area contributed by atoms with Gasteiger partial charge in [-0.2, -0.15) is 0 Å². The summed E-state index contributed by atoms with van der Waals surface area (Å²) in [6, 6.07) is 14.1. The van der Waals surface area contributed by atoms with Crippen LogP contribution in [0.5, 0.6) is 5.75 Å². The molecule has 1 N–H and O–H groups in total. The van der Waals surface area contributed by atoms with Gasteiger partial charge in [-0.15, -0.1) is 0 Å².